The number of carbonyl (C=O) groups excluding carboxylic acids is 1. The molecular formula is C8H15NO3S. The standard InChI is InChI=1S/C8H15NO3S/c1-4-9-6(10)5-13-7(9)8(11-2)12-3/h7-8H,4-5H2,1-3H3. The topological polar surface area (TPSA) is 38.8 Å². The van der Waals surface area contributed by atoms with Crippen molar-refractivity contribution >= 4 is 17.7 Å². The van der Waals surface area contributed by atoms with Crippen LogP contribution in [0.25, 0.3) is 0 Å². The summed E-state index contributed by atoms with van der Waals surface area (Å²) >= 11 is 1.57. The highest BCUT2D eigenvalue weighted by Gasteiger charge is 2.36. The van der Waals surface area contributed by atoms with Gasteiger partial charge in [-0.15, -0.1) is 11.8 Å². The molecule has 0 aliphatic carbocycles. The van der Waals surface area contributed by atoms with Crippen molar-refractivity contribution in [2.75, 3.05) is 26.5 Å². The third kappa shape index (κ3) is 2.15. The van der Waals surface area contributed by atoms with E-state index in [0.29, 0.717) is 12.3 Å². The Balaban J connectivity index is 2.63. The van der Waals surface area contributed by atoms with Gasteiger partial charge in [0.1, 0.15) is 5.37 Å². The normalized spacial score (nSPS) is 23.2. The van der Waals surface area contributed by atoms with E-state index < -0.39 is 0 Å². The molecule has 0 aromatic carbocycles. The van der Waals surface area contributed by atoms with E-state index in [4.69, 9.17) is 9.47 Å². The molecule has 0 saturated carbocycles. The molecule has 0 bridgehead atoms. The molecule has 0 aromatic rings. The van der Waals surface area contributed by atoms with Crippen molar-refractivity contribution in [2.45, 2.75) is 18.6 Å². The van der Waals surface area contributed by atoms with E-state index in [0.717, 1.165) is 0 Å². The minimum absolute atomic E-state index is 0.00694. The fourth-order valence-corrected chi connectivity index (χ4v) is 2.69. The van der Waals surface area contributed by atoms with Gasteiger partial charge in [-0.2, -0.15) is 0 Å². The highest BCUT2D eigenvalue weighted by molar-refractivity contribution is 8.01. The van der Waals surface area contributed by atoms with Crippen LogP contribution in [0.15, 0.2) is 0 Å². The molecule has 0 spiro atoms. The fourth-order valence-electron chi connectivity index (χ4n) is 1.38. The summed E-state index contributed by atoms with van der Waals surface area (Å²) in [7, 11) is 3.18. The van der Waals surface area contributed by atoms with Gasteiger partial charge in [-0.25, -0.2) is 0 Å². The van der Waals surface area contributed by atoms with E-state index in [1.54, 1.807) is 30.9 Å². The molecule has 1 atom stereocenters. The second-order valence-electron chi connectivity index (χ2n) is 2.72. The molecule has 1 rings (SSSR count). The number of hydrogen-bond acceptors (Lipinski definition) is 4. The van der Waals surface area contributed by atoms with Crippen LogP contribution in [0.5, 0.6) is 0 Å². The van der Waals surface area contributed by atoms with E-state index in [1.165, 1.54) is 0 Å². The molecule has 1 amide bonds. The SMILES string of the molecule is CCN1C(=O)CSC1C(OC)OC. The summed E-state index contributed by atoms with van der Waals surface area (Å²) in [6.07, 6.45) is -0.323. The van der Waals surface area contributed by atoms with Crippen LogP contribution in [0.3, 0.4) is 0 Å². The molecule has 1 aliphatic heterocycles. The summed E-state index contributed by atoms with van der Waals surface area (Å²) < 4.78 is 10.3. The van der Waals surface area contributed by atoms with Gasteiger partial charge < -0.3 is 14.4 Å². The number of carbonyl (C=O) groups is 1. The lowest BCUT2D eigenvalue weighted by Gasteiger charge is -2.27. The zero-order valence-corrected chi connectivity index (χ0v) is 8.97. The van der Waals surface area contributed by atoms with E-state index in [9.17, 15) is 4.79 Å². The van der Waals surface area contributed by atoms with Gasteiger partial charge in [0.05, 0.1) is 5.75 Å². The first-order valence-corrected chi connectivity index (χ1v) is 5.26. The number of hydrogen-bond donors (Lipinski definition) is 0. The quantitative estimate of drug-likeness (QED) is 0.627. The number of likely N-dealkylation sites (N-methyl/N-ethyl adjacent to an activating group) is 1. The lowest BCUT2D eigenvalue weighted by atomic mass is 10.4. The van der Waals surface area contributed by atoms with Gasteiger partial charge in [0.25, 0.3) is 0 Å². The Morgan fingerprint density at radius 1 is 1.62 bits per heavy atom. The molecule has 4 nitrogen and oxygen atoms in total. The van der Waals surface area contributed by atoms with Gasteiger partial charge in [0.2, 0.25) is 5.91 Å². The fraction of sp³-hybridized carbons (Fsp3) is 0.875. The minimum atomic E-state index is -0.323. The van der Waals surface area contributed by atoms with Crippen LogP contribution in [0.2, 0.25) is 0 Å². The smallest absolute Gasteiger partial charge is 0.233 e. The molecule has 1 saturated heterocycles. The third-order valence-corrected chi connectivity index (χ3v) is 3.28. The highest BCUT2D eigenvalue weighted by Crippen LogP contribution is 2.28. The van der Waals surface area contributed by atoms with E-state index >= 15 is 0 Å². The Morgan fingerprint density at radius 2 is 2.23 bits per heavy atom. The average molecular weight is 205 g/mol. The first kappa shape index (κ1) is 10.8. The van der Waals surface area contributed by atoms with Crippen molar-refractivity contribution < 1.29 is 14.3 Å². The largest absolute Gasteiger partial charge is 0.353 e. The molecule has 76 valence electrons. The minimum Gasteiger partial charge on any atom is -0.353 e. The molecule has 1 unspecified atom stereocenters. The molecule has 1 aliphatic rings. The Labute approximate surface area is 82.6 Å². The second-order valence-corrected chi connectivity index (χ2v) is 3.83. The van der Waals surface area contributed by atoms with Crippen LogP contribution >= 0.6 is 11.8 Å². The Hall–Kier alpha value is -0.260. The summed E-state index contributed by atoms with van der Waals surface area (Å²) in [6, 6.07) is 0. The lowest BCUT2D eigenvalue weighted by Crippen LogP contribution is -2.41. The maximum Gasteiger partial charge on any atom is 0.233 e. The molecule has 13 heavy (non-hydrogen) atoms. The Morgan fingerprint density at radius 3 is 2.69 bits per heavy atom. The monoisotopic (exact) mass is 205 g/mol. The maximum absolute atomic E-state index is 11.3. The van der Waals surface area contributed by atoms with Crippen molar-refractivity contribution in [3.63, 3.8) is 0 Å². The molecule has 1 fully saturated rings. The number of methoxy groups -OCH3 is 2. The van der Waals surface area contributed by atoms with Gasteiger partial charge in [0, 0.05) is 20.8 Å². The van der Waals surface area contributed by atoms with E-state index in [1.807, 2.05) is 6.92 Å². The zero-order chi connectivity index (χ0) is 9.84. The van der Waals surface area contributed by atoms with E-state index in [2.05, 4.69) is 0 Å². The van der Waals surface area contributed by atoms with Gasteiger partial charge in [-0.05, 0) is 6.92 Å². The van der Waals surface area contributed by atoms with Crippen LogP contribution in [0, 0.1) is 0 Å². The highest BCUT2D eigenvalue weighted by atomic mass is 32.2. The van der Waals surface area contributed by atoms with Crippen molar-refractivity contribution in [2.24, 2.45) is 0 Å². The lowest BCUT2D eigenvalue weighted by molar-refractivity contribution is -0.144. The number of thioether (sulfide) groups is 1. The first-order chi connectivity index (χ1) is 6.24. The third-order valence-electron chi connectivity index (χ3n) is 2.04. The van der Waals surface area contributed by atoms with Crippen molar-refractivity contribution in [1.29, 1.82) is 0 Å². The maximum atomic E-state index is 11.3. The van der Waals surface area contributed by atoms with Crippen LogP contribution < -0.4 is 0 Å². The Bertz CT molecular complexity index is 184. The zero-order valence-electron chi connectivity index (χ0n) is 8.15. The van der Waals surface area contributed by atoms with Crippen molar-refractivity contribution in [3.8, 4) is 0 Å². The number of ether oxygens (including phenoxy) is 2. The number of amides is 1. The first-order valence-electron chi connectivity index (χ1n) is 4.21. The van der Waals surface area contributed by atoms with Crippen LogP contribution in [-0.2, 0) is 14.3 Å². The van der Waals surface area contributed by atoms with Gasteiger partial charge in [-0.1, -0.05) is 0 Å². The molecular weight excluding hydrogens is 190 g/mol. The Kier molecular flexibility index (Phi) is 4.02. The van der Waals surface area contributed by atoms with Crippen LogP contribution in [0.4, 0.5) is 0 Å². The molecule has 1 heterocycles. The predicted molar refractivity (Wildman–Crippen MR) is 51.4 cm³/mol. The summed E-state index contributed by atoms with van der Waals surface area (Å²) in [5, 5.41) is 0.00694. The summed E-state index contributed by atoms with van der Waals surface area (Å²) in [6.45, 7) is 2.67. The van der Waals surface area contributed by atoms with Gasteiger partial charge >= 0.3 is 0 Å². The van der Waals surface area contributed by atoms with Gasteiger partial charge in [-0.3, -0.25) is 4.79 Å². The molecule has 0 N–H and O–H groups in total. The number of rotatable bonds is 4. The number of nitrogens with zero attached hydrogens (tertiary/aromatic N) is 1. The van der Waals surface area contributed by atoms with Crippen molar-refractivity contribution in [1.82, 2.24) is 4.90 Å². The molecule has 5 heteroatoms. The summed E-state index contributed by atoms with van der Waals surface area (Å²) in [4.78, 5) is 13.1. The van der Waals surface area contributed by atoms with Crippen LogP contribution in [-0.4, -0.2) is 49.0 Å². The van der Waals surface area contributed by atoms with Gasteiger partial charge in [0.15, 0.2) is 6.29 Å². The molecule has 0 aromatic heterocycles. The predicted octanol–water partition coefficient (Wildman–Crippen LogP) is 0.527. The summed E-state index contributed by atoms with van der Waals surface area (Å²) in [5.41, 5.74) is 0. The van der Waals surface area contributed by atoms with Crippen LogP contribution in [0.1, 0.15) is 6.92 Å². The summed E-state index contributed by atoms with van der Waals surface area (Å²) in [5.74, 6) is 0.693. The van der Waals surface area contributed by atoms with Crippen molar-refractivity contribution in [3.05, 3.63) is 0 Å². The molecule has 0 radical (unpaired) electrons. The second kappa shape index (κ2) is 4.83. The average Bonchev–Trinajstić information content (AvgIpc) is 2.50. The van der Waals surface area contributed by atoms with E-state index in [-0.39, 0.29) is 17.6 Å².